The molecule has 6 heteroatoms. The molecule has 2 N–H and O–H groups in total. The SMILES string of the molecule is CCCN(C(N)=S)N1CCC(C(=O)OC(C)(C)C)CC1. The molecule has 0 saturated carbocycles. The highest BCUT2D eigenvalue weighted by atomic mass is 32.1. The summed E-state index contributed by atoms with van der Waals surface area (Å²) in [6.45, 7) is 10.2. The number of hydrogen-bond donors (Lipinski definition) is 1. The lowest BCUT2D eigenvalue weighted by molar-refractivity contribution is -0.162. The van der Waals surface area contributed by atoms with Crippen molar-refractivity contribution in [3.63, 3.8) is 0 Å². The third kappa shape index (κ3) is 5.25. The Morgan fingerprint density at radius 2 is 1.95 bits per heavy atom. The van der Waals surface area contributed by atoms with Gasteiger partial charge in [0, 0.05) is 19.6 Å². The predicted octanol–water partition coefficient (Wildman–Crippen LogP) is 1.91. The van der Waals surface area contributed by atoms with Crippen LogP contribution >= 0.6 is 12.2 Å². The molecule has 0 aliphatic carbocycles. The molecule has 0 atom stereocenters. The number of piperidine rings is 1. The minimum Gasteiger partial charge on any atom is -0.460 e. The van der Waals surface area contributed by atoms with Gasteiger partial charge in [-0.1, -0.05) is 6.92 Å². The fourth-order valence-electron chi connectivity index (χ4n) is 2.33. The van der Waals surface area contributed by atoms with E-state index in [1.54, 1.807) is 0 Å². The van der Waals surface area contributed by atoms with E-state index in [9.17, 15) is 4.79 Å². The Hall–Kier alpha value is -0.880. The number of esters is 1. The number of carbonyl (C=O) groups excluding carboxylic acids is 1. The van der Waals surface area contributed by atoms with Crippen LogP contribution in [0.2, 0.25) is 0 Å². The molecule has 0 aromatic rings. The lowest BCUT2D eigenvalue weighted by Gasteiger charge is -2.39. The molecule has 0 spiro atoms. The monoisotopic (exact) mass is 301 g/mol. The Kier molecular flexibility index (Phi) is 6.20. The maximum absolute atomic E-state index is 12.0. The molecule has 5 nitrogen and oxygen atoms in total. The number of ether oxygens (including phenoxy) is 1. The fraction of sp³-hybridized carbons (Fsp3) is 0.857. The number of carbonyl (C=O) groups is 1. The first kappa shape index (κ1) is 17.2. The zero-order valence-corrected chi connectivity index (χ0v) is 13.8. The van der Waals surface area contributed by atoms with Crippen molar-refractivity contribution in [1.29, 1.82) is 0 Å². The van der Waals surface area contributed by atoms with Gasteiger partial charge in [-0.05, 0) is 52.3 Å². The van der Waals surface area contributed by atoms with Crippen LogP contribution < -0.4 is 5.73 Å². The van der Waals surface area contributed by atoms with Gasteiger partial charge < -0.3 is 10.5 Å². The summed E-state index contributed by atoms with van der Waals surface area (Å²) in [7, 11) is 0. The Bertz CT molecular complexity index is 347. The molecule has 0 radical (unpaired) electrons. The van der Waals surface area contributed by atoms with Gasteiger partial charge in [0.25, 0.3) is 0 Å². The van der Waals surface area contributed by atoms with Crippen molar-refractivity contribution in [1.82, 2.24) is 10.0 Å². The smallest absolute Gasteiger partial charge is 0.309 e. The first-order chi connectivity index (χ1) is 9.24. The van der Waals surface area contributed by atoms with Gasteiger partial charge in [0.1, 0.15) is 5.60 Å². The van der Waals surface area contributed by atoms with E-state index >= 15 is 0 Å². The summed E-state index contributed by atoms with van der Waals surface area (Å²) < 4.78 is 5.45. The van der Waals surface area contributed by atoms with Gasteiger partial charge >= 0.3 is 5.97 Å². The van der Waals surface area contributed by atoms with Crippen LogP contribution in [-0.4, -0.2) is 46.3 Å². The summed E-state index contributed by atoms with van der Waals surface area (Å²) in [6, 6.07) is 0. The van der Waals surface area contributed by atoms with Gasteiger partial charge in [0.2, 0.25) is 0 Å². The summed E-state index contributed by atoms with van der Waals surface area (Å²) in [5, 5.41) is 4.50. The van der Waals surface area contributed by atoms with E-state index in [0.29, 0.717) is 5.11 Å². The van der Waals surface area contributed by atoms with Crippen LogP contribution in [0.25, 0.3) is 0 Å². The lowest BCUT2D eigenvalue weighted by Crippen LogP contribution is -2.53. The molecule has 1 aliphatic rings. The fourth-order valence-corrected chi connectivity index (χ4v) is 2.54. The number of hydrogen-bond acceptors (Lipinski definition) is 4. The maximum Gasteiger partial charge on any atom is 0.309 e. The highest BCUT2D eigenvalue weighted by molar-refractivity contribution is 7.80. The second-order valence-electron chi connectivity index (χ2n) is 6.22. The molecule has 1 saturated heterocycles. The van der Waals surface area contributed by atoms with Crippen LogP contribution in [0.1, 0.15) is 47.0 Å². The molecule has 0 unspecified atom stereocenters. The highest BCUT2D eigenvalue weighted by Crippen LogP contribution is 2.22. The number of nitrogens with zero attached hydrogens (tertiary/aromatic N) is 2. The van der Waals surface area contributed by atoms with E-state index in [0.717, 1.165) is 38.9 Å². The van der Waals surface area contributed by atoms with Gasteiger partial charge in [-0.15, -0.1) is 0 Å². The minimum atomic E-state index is -0.415. The quantitative estimate of drug-likeness (QED) is 0.632. The first-order valence-corrected chi connectivity index (χ1v) is 7.70. The van der Waals surface area contributed by atoms with Crippen LogP contribution in [0.3, 0.4) is 0 Å². The summed E-state index contributed by atoms with van der Waals surface area (Å²) in [4.78, 5) is 12.0. The normalized spacial score (nSPS) is 17.8. The summed E-state index contributed by atoms with van der Waals surface area (Å²) >= 11 is 5.09. The summed E-state index contributed by atoms with van der Waals surface area (Å²) in [5.41, 5.74) is 5.34. The third-order valence-electron chi connectivity index (χ3n) is 3.24. The number of nitrogens with two attached hydrogens (primary N) is 1. The van der Waals surface area contributed by atoms with Crippen LogP contribution in [0, 0.1) is 5.92 Å². The van der Waals surface area contributed by atoms with Crippen molar-refractivity contribution in [2.45, 2.75) is 52.6 Å². The molecule has 0 amide bonds. The average Bonchev–Trinajstić information content (AvgIpc) is 2.33. The van der Waals surface area contributed by atoms with E-state index in [1.807, 2.05) is 25.8 Å². The molecule has 1 fully saturated rings. The van der Waals surface area contributed by atoms with Gasteiger partial charge in [-0.3, -0.25) is 9.80 Å². The molecular formula is C14H27N3O2S. The van der Waals surface area contributed by atoms with E-state index in [4.69, 9.17) is 22.7 Å². The second-order valence-corrected chi connectivity index (χ2v) is 6.64. The van der Waals surface area contributed by atoms with Crippen molar-refractivity contribution in [3.05, 3.63) is 0 Å². The number of rotatable bonds is 4. The Balaban J connectivity index is 2.50. The van der Waals surface area contributed by atoms with Crippen LogP contribution in [0.15, 0.2) is 0 Å². The van der Waals surface area contributed by atoms with Crippen LogP contribution in [0.5, 0.6) is 0 Å². The molecule has 0 aromatic heterocycles. The van der Waals surface area contributed by atoms with Crippen LogP contribution in [-0.2, 0) is 9.53 Å². The van der Waals surface area contributed by atoms with E-state index in [-0.39, 0.29) is 11.9 Å². The zero-order valence-electron chi connectivity index (χ0n) is 13.0. The topological polar surface area (TPSA) is 58.8 Å². The summed E-state index contributed by atoms with van der Waals surface area (Å²) in [5.74, 6) is -0.102. The second kappa shape index (κ2) is 7.22. The maximum atomic E-state index is 12.0. The molecule has 0 aromatic carbocycles. The molecule has 20 heavy (non-hydrogen) atoms. The molecular weight excluding hydrogens is 274 g/mol. The molecule has 1 heterocycles. The van der Waals surface area contributed by atoms with Crippen molar-refractivity contribution >= 4 is 23.3 Å². The lowest BCUT2D eigenvalue weighted by atomic mass is 9.97. The Morgan fingerprint density at radius 1 is 1.40 bits per heavy atom. The minimum absolute atomic E-state index is 0.0136. The standard InChI is InChI=1S/C14H27N3O2S/c1-5-8-17(13(15)20)16-9-6-11(7-10-16)12(18)19-14(2,3)4/h11H,5-10H2,1-4H3,(H2,15,20). The zero-order chi connectivity index (χ0) is 15.3. The highest BCUT2D eigenvalue weighted by Gasteiger charge is 2.31. The first-order valence-electron chi connectivity index (χ1n) is 7.29. The van der Waals surface area contributed by atoms with Crippen molar-refractivity contribution in [3.8, 4) is 0 Å². The molecule has 1 aliphatic heterocycles. The predicted molar refractivity (Wildman–Crippen MR) is 83.9 cm³/mol. The largest absolute Gasteiger partial charge is 0.460 e. The Labute approximate surface area is 127 Å². The van der Waals surface area contributed by atoms with E-state index in [1.165, 1.54) is 0 Å². The third-order valence-corrected chi connectivity index (χ3v) is 3.45. The molecule has 116 valence electrons. The van der Waals surface area contributed by atoms with Crippen molar-refractivity contribution < 1.29 is 9.53 Å². The Morgan fingerprint density at radius 3 is 2.35 bits per heavy atom. The van der Waals surface area contributed by atoms with Crippen molar-refractivity contribution in [2.75, 3.05) is 19.6 Å². The molecule has 0 bridgehead atoms. The molecule has 1 rings (SSSR count). The average molecular weight is 301 g/mol. The van der Waals surface area contributed by atoms with Gasteiger partial charge in [-0.2, -0.15) is 0 Å². The van der Waals surface area contributed by atoms with Crippen molar-refractivity contribution in [2.24, 2.45) is 11.7 Å². The van der Waals surface area contributed by atoms with Gasteiger partial charge in [0.05, 0.1) is 5.92 Å². The van der Waals surface area contributed by atoms with Gasteiger partial charge in [0.15, 0.2) is 5.11 Å². The number of hydrazine groups is 1. The van der Waals surface area contributed by atoms with Gasteiger partial charge in [-0.25, -0.2) is 5.01 Å². The van der Waals surface area contributed by atoms with Crippen LogP contribution in [0.4, 0.5) is 0 Å². The summed E-state index contributed by atoms with van der Waals surface area (Å²) in [6.07, 6.45) is 2.57. The number of thiocarbonyl (C=S) groups is 1. The van der Waals surface area contributed by atoms with E-state index < -0.39 is 5.60 Å². The van der Waals surface area contributed by atoms with E-state index in [2.05, 4.69) is 11.9 Å².